The average molecular weight is 440 g/mol. The van der Waals surface area contributed by atoms with E-state index in [0.717, 1.165) is 11.1 Å². The van der Waals surface area contributed by atoms with Crippen LogP contribution in [0.3, 0.4) is 0 Å². The summed E-state index contributed by atoms with van der Waals surface area (Å²) < 4.78 is 12.8. The normalized spacial score (nSPS) is 14.6. The van der Waals surface area contributed by atoms with E-state index in [1.165, 1.54) is 6.20 Å². The smallest absolute Gasteiger partial charge is 1.00 e. The molecule has 2 aromatic rings. The van der Waals surface area contributed by atoms with Gasteiger partial charge in [0.2, 0.25) is 5.43 Å². The molecule has 1 aromatic carbocycles. The number of ether oxygens (including phenoxy) is 2. The van der Waals surface area contributed by atoms with E-state index in [1.54, 1.807) is 31.4 Å². The molecular formula is C22H29N2NaO6. The summed E-state index contributed by atoms with van der Waals surface area (Å²) in [7, 11) is 0. The molecule has 3 rings (SSSR count). The Hall–Kier alpha value is -1.87. The zero-order valence-electron chi connectivity index (χ0n) is 20.0. The molecular weight excluding hydrogens is 411 g/mol. The molecule has 0 saturated carbocycles. The number of aromatic nitrogens is 1. The molecule has 1 aliphatic heterocycles. The van der Waals surface area contributed by atoms with Gasteiger partial charge in [0.15, 0.2) is 0 Å². The first kappa shape index (κ1) is 25.4. The molecule has 0 unspecified atom stereocenters. The summed E-state index contributed by atoms with van der Waals surface area (Å²) in [5.74, 6) is -1.26. The van der Waals surface area contributed by atoms with Gasteiger partial charge < -0.3 is 25.9 Å². The van der Waals surface area contributed by atoms with Crippen LogP contribution in [0.25, 0.3) is 10.9 Å². The van der Waals surface area contributed by atoms with Crippen molar-refractivity contribution >= 4 is 23.0 Å². The van der Waals surface area contributed by atoms with Gasteiger partial charge in [0.05, 0.1) is 12.1 Å². The van der Waals surface area contributed by atoms with Crippen LogP contribution in [0.4, 0.5) is 4.79 Å². The largest absolute Gasteiger partial charge is 1.00 e. The maximum Gasteiger partial charge on any atom is 1.00 e. The van der Waals surface area contributed by atoms with Crippen molar-refractivity contribution in [1.29, 1.82) is 0 Å². The average Bonchev–Trinajstić information content (AvgIpc) is 2.61. The molecule has 0 saturated heterocycles. The molecule has 164 valence electrons. The van der Waals surface area contributed by atoms with Gasteiger partial charge in [-0.25, -0.2) is 9.59 Å². The first-order valence-corrected chi connectivity index (χ1v) is 9.95. The number of benzene rings is 1. The summed E-state index contributed by atoms with van der Waals surface area (Å²) in [5, 5.41) is 12.6. The Morgan fingerprint density at radius 3 is 2.61 bits per heavy atom. The minimum Gasteiger partial charge on any atom is -1.00 e. The van der Waals surface area contributed by atoms with Crippen molar-refractivity contribution in [1.82, 2.24) is 9.88 Å². The third-order valence-corrected chi connectivity index (χ3v) is 4.94. The maximum absolute atomic E-state index is 12.8. The molecule has 0 spiro atoms. The zero-order chi connectivity index (χ0) is 22.3. The van der Waals surface area contributed by atoms with Gasteiger partial charge in [-0.15, -0.1) is 0 Å². The van der Waals surface area contributed by atoms with Gasteiger partial charge in [0.1, 0.15) is 16.9 Å². The number of alkyl carbamates (subject to hydrolysis) is 1. The summed E-state index contributed by atoms with van der Waals surface area (Å²) in [4.78, 5) is 36.2. The Kier molecular flexibility index (Phi) is 7.63. The fourth-order valence-electron chi connectivity index (χ4n) is 3.57. The van der Waals surface area contributed by atoms with Crippen molar-refractivity contribution < 1.29 is 55.2 Å². The van der Waals surface area contributed by atoms with Crippen LogP contribution < -0.4 is 40.3 Å². The Bertz CT molecular complexity index is 1070. The summed E-state index contributed by atoms with van der Waals surface area (Å²) in [6.07, 6.45) is 2.14. The molecule has 0 atom stereocenters. The maximum atomic E-state index is 12.8. The van der Waals surface area contributed by atoms with E-state index in [4.69, 9.17) is 9.47 Å². The summed E-state index contributed by atoms with van der Waals surface area (Å²) >= 11 is 0. The van der Waals surface area contributed by atoms with Gasteiger partial charge in [-0.2, -0.15) is 0 Å². The second kappa shape index (κ2) is 9.32. The number of amides is 1. The van der Waals surface area contributed by atoms with Crippen LogP contribution >= 0.6 is 0 Å². The number of pyridine rings is 1. The van der Waals surface area contributed by atoms with Gasteiger partial charge in [0.25, 0.3) is 0 Å². The van der Waals surface area contributed by atoms with Crippen LogP contribution in [0.1, 0.15) is 64.0 Å². The number of carbonyl (C=O) groups is 2. The predicted octanol–water partition coefficient (Wildman–Crippen LogP) is 0.496. The number of hydrogen-bond acceptors (Lipinski definition) is 5. The first-order chi connectivity index (χ1) is 13.9. The third-order valence-electron chi connectivity index (χ3n) is 4.94. The SMILES string of the molecule is CC(C)(C)OC(=O)NCCCc1cc2c3c(c1)c(=O)c(C(=O)O)cn3C(C)(C)OC2.[H-].[Na+]. The standard InChI is InChI=1S/C22H28N2O6.Na.H/c1-21(2,3)30-20(28)23-8-6-7-13-9-14-12-29-22(4,5)24-11-16(19(26)27)18(25)15(10-13)17(14)24;;/h9-11H,6-8,12H2,1-5H3,(H,23,28)(H,26,27);;/q;+1;-1. The number of hydrogen-bond donors (Lipinski definition) is 2. The van der Waals surface area contributed by atoms with Crippen molar-refractivity contribution in [3.05, 3.63) is 45.2 Å². The van der Waals surface area contributed by atoms with Gasteiger partial charge >= 0.3 is 41.6 Å². The first-order valence-electron chi connectivity index (χ1n) is 9.95. The predicted molar refractivity (Wildman–Crippen MR) is 113 cm³/mol. The molecule has 31 heavy (non-hydrogen) atoms. The van der Waals surface area contributed by atoms with E-state index < -0.39 is 28.8 Å². The number of aryl methyl sites for hydroxylation is 1. The molecule has 0 fully saturated rings. The minimum absolute atomic E-state index is 0. The van der Waals surface area contributed by atoms with Crippen LogP contribution in [0, 0.1) is 0 Å². The number of nitrogens with one attached hydrogen (secondary N) is 1. The van der Waals surface area contributed by atoms with Crippen molar-refractivity contribution in [2.75, 3.05) is 6.54 Å². The van der Waals surface area contributed by atoms with Crippen molar-refractivity contribution in [2.45, 2.75) is 65.4 Å². The van der Waals surface area contributed by atoms with Gasteiger partial charge in [-0.1, -0.05) is 6.07 Å². The molecule has 2 N–H and O–H groups in total. The van der Waals surface area contributed by atoms with E-state index in [0.29, 0.717) is 36.9 Å². The van der Waals surface area contributed by atoms with Gasteiger partial charge in [-0.3, -0.25) is 4.79 Å². The van der Waals surface area contributed by atoms with Crippen LogP contribution in [0.5, 0.6) is 0 Å². The summed E-state index contributed by atoms with van der Waals surface area (Å²) in [6, 6.07) is 3.72. The Morgan fingerprint density at radius 1 is 1.32 bits per heavy atom. The van der Waals surface area contributed by atoms with E-state index in [2.05, 4.69) is 5.32 Å². The topological polar surface area (TPSA) is 107 Å². The molecule has 9 heteroatoms. The Morgan fingerprint density at radius 2 is 2.00 bits per heavy atom. The van der Waals surface area contributed by atoms with Crippen LogP contribution in [-0.4, -0.2) is 33.9 Å². The number of carboxylic acids is 1. The molecule has 2 heterocycles. The van der Waals surface area contributed by atoms with Crippen molar-refractivity contribution in [3.63, 3.8) is 0 Å². The third kappa shape index (κ3) is 5.68. The van der Waals surface area contributed by atoms with Crippen LogP contribution in [0.2, 0.25) is 0 Å². The van der Waals surface area contributed by atoms with Crippen LogP contribution in [-0.2, 0) is 28.2 Å². The summed E-state index contributed by atoms with van der Waals surface area (Å²) in [5.41, 5.74) is 0.339. The summed E-state index contributed by atoms with van der Waals surface area (Å²) in [6.45, 7) is 9.83. The molecule has 0 aliphatic carbocycles. The van der Waals surface area contributed by atoms with Gasteiger partial charge in [0, 0.05) is 23.7 Å². The Labute approximate surface area is 204 Å². The zero-order valence-corrected chi connectivity index (χ0v) is 21.0. The van der Waals surface area contributed by atoms with E-state index in [-0.39, 0.29) is 36.5 Å². The molecule has 1 aliphatic rings. The number of rotatable bonds is 5. The number of carboxylic acid groups (broad SMARTS) is 1. The number of nitrogens with zero attached hydrogens (tertiary/aromatic N) is 1. The fourth-order valence-corrected chi connectivity index (χ4v) is 3.57. The molecule has 0 radical (unpaired) electrons. The van der Waals surface area contributed by atoms with Crippen molar-refractivity contribution in [3.8, 4) is 0 Å². The fraction of sp³-hybridized carbons (Fsp3) is 0.500. The van der Waals surface area contributed by atoms with E-state index in [1.807, 2.05) is 19.9 Å². The molecule has 8 nitrogen and oxygen atoms in total. The quantitative estimate of drug-likeness (QED) is 0.518. The van der Waals surface area contributed by atoms with E-state index in [9.17, 15) is 19.5 Å². The van der Waals surface area contributed by atoms with E-state index >= 15 is 0 Å². The van der Waals surface area contributed by atoms with Crippen molar-refractivity contribution in [2.24, 2.45) is 0 Å². The Balaban J connectivity index is 0.00000256. The second-order valence-corrected chi connectivity index (χ2v) is 8.97. The molecule has 1 aromatic heterocycles. The second-order valence-electron chi connectivity index (χ2n) is 8.97. The molecule has 1 amide bonds. The molecule has 0 bridgehead atoms. The van der Waals surface area contributed by atoms with Gasteiger partial charge in [-0.05, 0) is 59.1 Å². The number of aromatic carboxylic acids is 1. The monoisotopic (exact) mass is 440 g/mol. The van der Waals surface area contributed by atoms with Crippen LogP contribution in [0.15, 0.2) is 23.1 Å². The number of carbonyl (C=O) groups excluding carboxylic acids is 1. The minimum atomic E-state index is -1.26.